The summed E-state index contributed by atoms with van der Waals surface area (Å²) in [6.07, 6.45) is 2.11. The maximum absolute atomic E-state index is 11.9. The number of ether oxygens (including phenoxy) is 1. The molecular weight excluding hydrogens is 278 g/mol. The lowest BCUT2D eigenvalue weighted by Gasteiger charge is -2.35. The number of rotatable bonds is 2. The van der Waals surface area contributed by atoms with Crippen LogP contribution in [0.25, 0.3) is 0 Å². The number of nitrogens with zero attached hydrogens (tertiary/aromatic N) is 3. The molecule has 0 saturated carbocycles. The highest BCUT2D eigenvalue weighted by Crippen LogP contribution is 2.22. The van der Waals surface area contributed by atoms with Crippen molar-refractivity contribution < 1.29 is 14.3 Å². The predicted molar refractivity (Wildman–Crippen MR) is 77.5 cm³/mol. The number of carbonyl (C=O) groups excluding carboxylic acids is 2. The van der Waals surface area contributed by atoms with E-state index in [2.05, 4.69) is 9.88 Å². The Kier molecular flexibility index (Phi) is 4.27. The highest BCUT2D eigenvalue weighted by molar-refractivity contribution is 7.17. The summed E-state index contributed by atoms with van der Waals surface area (Å²) in [5.41, 5.74) is -0.470. The van der Waals surface area contributed by atoms with E-state index in [9.17, 15) is 9.59 Å². The van der Waals surface area contributed by atoms with Gasteiger partial charge in [-0.05, 0) is 20.8 Å². The van der Waals surface area contributed by atoms with Crippen LogP contribution in [0.2, 0.25) is 0 Å². The van der Waals surface area contributed by atoms with Crippen LogP contribution in [0.15, 0.2) is 6.20 Å². The van der Waals surface area contributed by atoms with Gasteiger partial charge in [0.1, 0.15) is 5.60 Å². The van der Waals surface area contributed by atoms with Gasteiger partial charge < -0.3 is 14.5 Å². The molecule has 1 aromatic heterocycles. The van der Waals surface area contributed by atoms with Crippen molar-refractivity contribution in [3.8, 4) is 0 Å². The van der Waals surface area contributed by atoms with Crippen LogP contribution in [0.5, 0.6) is 0 Å². The Hall–Kier alpha value is -1.63. The molecule has 1 aliphatic heterocycles. The minimum Gasteiger partial charge on any atom is -0.444 e. The SMILES string of the molecule is CC(C)(C)OC(=O)N1CCN(c2ncc(C=O)s2)CC1. The molecule has 1 aliphatic rings. The molecule has 1 amide bonds. The lowest BCUT2D eigenvalue weighted by atomic mass is 10.2. The highest BCUT2D eigenvalue weighted by atomic mass is 32.1. The zero-order valence-electron chi connectivity index (χ0n) is 12.0. The number of carbonyl (C=O) groups is 2. The third kappa shape index (κ3) is 3.69. The summed E-state index contributed by atoms with van der Waals surface area (Å²) in [4.78, 5) is 31.2. The summed E-state index contributed by atoms with van der Waals surface area (Å²) < 4.78 is 5.35. The van der Waals surface area contributed by atoms with Gasteiger partial charge in [0.25, 0.3) is 0 Å². The van der Waals surface area contributed by atoms with Gasteiger partial charge >= 0.3 is 6.09 Å². The Balaban J connectivity index is 1.89. The molecule has 0 unspecified atom stereocenters. The van der Waals surface area contributed by atoms with Crippen LogP contribution in [0.3, 0.4) is 0 Å². The van der Waals surface area contributed by atoms with Crippen molar-refractivity contribution in [3.63, 3.8) is 0 Å². The second kappa shape index (κ2) is 5.78. The highest BCUT2D eigenvalue weighted by Gasteiger charge is 2.26. The number of anilines is 1. The average molecular weight is 297 g/mol. The molecule has 0 bridgehead atoms. The van der Waals surface area contributed by atoms with Crippen molar-refractivity contribution in [3.05, 3.63) is 11.1 Å². The number of aromatic nitrogens is 1. The molecule has 20 heavy (non-hydrogen) atoms. The zero-order valence-corrected chi connectivity index (χ0v) is 12.8. The standard InChI is InChI=1S/C13H19N3O3S/c1-13(2,3)19-12(18)16-6-4-15(5-7-16)11-14-8-10(9-17)20-11/h8-9H,4-7H2,1-3H3. The van der Waals surface area contributed by atoms with Crippen molar-refractivity contribution in [2.24, 2.45) is 0 Å². The van der Waals surface area contributed by atoms with Crippen molar-refractivity contribution >= 4 is 28.8 Å². The van der Waals surface area contributed by atoms with Gasteiger partial charge in [-0.15, -0.1) is 0 Å². The Morgan fingerprint density at radius 1 is 1.35 bits per heavy atom. The second-order valence-corrected chi connectivity index (χ2v) is 6.66. The van der Waals surface area contributed by atoms with E-state index in [0.717, 1.165) is 11.4 Å². The van der Waals surface area contributed by atoms with Gasteiger partial charge in [0.05, 0.1) is 11.1 Å². The summed E-state index contributed by atoms with van der Waals surface area (Å²) in [5, 5.41) is 0.830. The molecule has 2 heterocycles. The van der Waals surface area contributed by atoms with Gasteiger partial charge in [-0.3, -0.25) is 4.79 Å². The fourth-order valence-corrected chi connectivity index (χ4v) is 2.67. The molecule has 1 aromatic rings. The van der Waals surface area contributed by atoms with E-state index in [1.54, 1.807) is 11.1 Å². The van der Waals surface area contributed by atoms with Crippen molar-refractivity contribution in [1.29, 1.82) is 0 Å². The number of hydrogen-bond acceptors (Lipinski definition) is 6. The average Bonchev–Trinajstić information content (AvgIpc) is 2.85. The largest absolute Gasteiger partial charge is 0.444 e. The van der Waals surface area contributed by atoms with E-state index in [-0.39, 0.29) is 6.09 Å². The van der Waals surface area contributed by atoms with E-state index < -0.39 is 5.60 Å². The van der Waals surface area contributed by atoms with Crippen molar-refractivity contribution in [1.82, 2.24) is 9.88 Å². The van der Waals surface area contributed by atoms with Crippen LogP contribution in [-0.4, -0.2) is 54.0 Å². The normalized spacial score (nSPS) is 16.1. The third-order valence-electron chi connectivity index (χ3n) is 2.83. The summed E-state index contributed by atoms with van der Waals surface area (Å²) in [7, 11) is 0. The number of amides is 1. The molecule has 0 atom stereocenters. The first-order valence-electron chi connectivity index (χ1n) is 6.53. The van der Waals surface area contributed by atoms with Crippen LogP contribution in [0.4, 0.5) is 9.93 Å². The summed E-state index contributed by atoms with van der Waals surface area (Å²) in [5.74, 6) is 0. The maximum Gasteiger partial charge on any atom is 0.410 e. The zero-order chi connectivity index (χ0) is 14.8. The van der Waals surface area contributed by atoms with Crippen LogP contribution < -0.4 is 4.90 Å². The molecular formula is C13H19N3O3S. The lowest BCUT2D eigenvalue weighted by molar-refractivity contribution is 0.0240. The molecule has 0 aliphatic carbocycles. The fraction of sp³-hybridized carbons (Fsp3) is 0.615. The van der Waals surface area contributed by atoms with Gasteiger partial charge in [-0.25, -0.2) is 9.78 Å². The molecule has 6 nitrogen and oxygen atoms in total. The first kappa shape index (κ1) is 14.8. The van der Waals surface area contributed by atoms with E-state index >= 15 is 0 Å². The maximum atomic E-state index is 11.9. The first-order chi connectivity index (χ1) is 9.39. The van der Waals surface area contributed by atoms with E-state index in [1.165, 1.54) is 11.3 Å². The van der Waals surface area contributed by atoms with Crippen molar-refractivity contribution in [2.75, 3.05) is 31.1 Å². The summed E-state index contributed by atoms with van der Waals surface area (Å²) >= 11 is 1.37. The van der Waals surface area contributed by atoms with Crippen molar-refractivity contribution in [2.45, 2.75) is 26.4 Å². The summed E-state index contributed by atoms with van der Waals surface area (Å²) in [6, 6.07) is 0. The quantitative estimate of drug-likeness (QED) is 0.781. The van der Waals surface area contributed by atoms with E-state index in [1.807, 2.05) is 20.8 Å². The van der Waals surface area contributed by atoms with Gasteiger partial charge in [0, 0.05) is 26.2 Å². The second-order valence-electron chi connectivity index (χ2n) is 5.62. The molecule has 1 fully saturated rings. The van der Waals surface area contributed by atoms with E-state index in [4.69, 9.17) is 4.74 Å². The Morgan fingerprint density at radius 2 is 2.00 bits per heavy atom. The van der Waals surface area contributed by atoms with Crippen LogP contribution in [0, 0.1) is 0 Å². The minimum absolute atomic E-state index is 0.273. The number of aldehydes is 1. The predicted octanol–water partition coefficient (Wildman–Crippen LogP) is 2.01. The first-order valence-corrected chi connectivity index (χ1v) is 7.34. The fourth-order valence-electron chi connectivity index (χ4n) is 1.88. The van der Waals surface area contributed by atoms with Gasteiger partial charge in [0.2, 0.25) is 0 Å². The van der Waals surface area contributed by atoms with Gasteiger partial charge in [-0.2, -0.15) is 0 Å². The number of thiazole rings is 1. The molecule has 7 heteroatoms. The molecule has 0 radical (unpaired) electrons. The van der Waals surface area contributed by atoms with E-state index in [0.29, 0.717) is 31.1 Å². The Bertz CT molecular complexity index is 487. The van der Waals surface area contributed by atoms with Crippen LogP contribution in [0.1, 0.15) is 30.4 Å². The van der Waals surface area contributed by atoms with Crippen LogP contribution >= 0.6 is 11.3 Å². The molecule has 2 rings (SSSR count). The number of piperazine rings is 1. The molecule has 0 aromatic carbocycles. The lowest BCUT2D eigenvalue weighted by Crippen LogP contribution is -2.50. The minimum atomic E-state index is -0.470. The topological polar surface area (TPSA) is 62.7 Å². The number of hydrogen-bond donors (Lipinski definition) is 0. The molecule has 110 valence electrons. The summed E-state index contributed by atoms with van der Waals surface area (Å²) in [6.45, 7) is 8.18. The third-order valence-corrected chi connectivity index (χ3v) is 3.81. The molecule has 1 saturated heterocycles. The smallest absolute Gasteiger partial charge is 0.410 e. The van der Waals surface area contributed by atoms with Crippen LogP contribution in [-0.2, 0) is 4.74 Å². The molecule has 0 N–H and O–H groups in total. The van der Waals surface area contributed by atoms with Gasteiger partial charge in [0.15, 0.2) is 11.4 Å². The monoisotopic (exact) mass is 297 g/mol. The molecule has 0 spiro atoms. The Morgan fingerprint density at radius 3 is 2.50 bits per heavy atom. The van der Waals surface area contributed by atoms with Gasteiger partial charge in [-0.1, -0.05) is 11.3 Å². The Labute approximate surface area is 122 Å².